The van der Waals surface area contributed by atoms with Gasteiger partial charge in [0.2, 0.25) is 23.1 Å². The average molecular weight is 1040 g/mol. The normalized spacial score (nSPS) is 12.9. The van der Waals surface area contributed by atoms with Crippen LogP contribution in [0.25, 0.3) is 0 Å². The predicted octanol–water partition coefficient (Wildman–Crippen LogP) is 1.78. The third-order valence-electron chi connectivity index (χ3n) is 7.42. The lowest BCUT2D eigenvalue weighted by Crippen LogP contribution is -2.16. The molecule has 0 aliphatic heterocycles. The van der Waals surface area contributed by atoms with Crippen molar-refractivity contribution >= 4 is 119 Å². The minimum Gasteiger partial charge on any atom is -0.504 e. The van der Waals surface area contributed by atoms with Gasteiger partial charge >= 0.3 is 20.8 Å². The van der Waals surface area contributed by atoms with Gasteiger partial charge in [0.25, 0.3) is 20.2 Å². The number of phenolic OH excluding ortho intramolecular Hbond substituents is 1. The lowest BCUT2D eigenvalue weighted by molar-refractivity contribution is -0.114. The van der Waals surface area contributed by atoms with Crippen molar-refractivity contribution in [1.29, 1.82) is 0 Å². The number of sulfone groups is 2. The summed E-state index contributed by atoms with van der Waals surface area (Å²) in [5, 5.41) is 25.1. The Kier molecular flexibility index (Phi) is 15.6. The number of hydrogen-bond acceptors (Lipinski definition) is 24. The molecule has 1 aromatic heterocycles. The molecule has 8 N–H and O–H groups in total. The maximum absolute atomic E-state index is 12.9. The van der Waals surface area contributed by atoms with Crippen LogP contribution in [0.4, 0.5) is 40.3 Å². The highest BCUT2D eigenvalue weighted by Gasteiger charge is 2.27. The van der Waals surface area contributed by atoms with Crippen LogP contribution in [0.1, 0.15) is 6.92 Å². The molecule has 64 heavy (non-hydrogen) atoms. The average Bonchev–Trinajstić information content (AvgIpc) is 3.12. The summed E-state index contributed by atoms with van der Waals surface area (Å²) < 4.78 is 194. The van der Waals surface area contributed by atoms with E-state index in [9.17, 15) is 69.5 Å². The number of ether oxygens (including phenoxy) is 1. The van der Waals surface area contributed by atoms with E-state index in [4.69, 9.17) is 25.4 Å². The first-order valence-electron chi connectivity index (χ1n) is 16.3. The molecule has 0 atom stereocenters. The Morgan fingerprint density at radius 3 is 1.66 bits per heavy atom. The molecule has 0 aliphatic carbocycles. The van der Waals surface area contributed by atoms with Crippen molar-refractivity contribution in [1.82, 2.24) is 15.0 Å². The van der Waals surface area contributed by atoms with Gasteiger partial charge < -0.3 is 25.8 Å². The predicted molar refractivity (Wildman–Crippen MR) is 216 cm³/mol. The summed E-state index contributed by atoms with van der Waals surface area (Å²) >= 11 is 6.07. The van der Waals surface area contributed by atoms with Gasteiger partial charge in [-0.1, -0.05) is 0 Å². The fourth-order valence-corrected chi connectivity index (χ4v) is 9.42. The smallest absolute Gasteiger partial charge is 0.397 e. The molecule has 0 aliphatic rings. The van der Waals surface area contributed by atoms with E-state index < -0.39 is 145 Å². The molecule has 0 radical (unpaired) electrons. The van der Waals surface area contributed by atoms with Crippen molar-refractivity contribution in [3.8, 4) is 11.5 Å². The molecule has 0 saturated heterocycles. The van der Waals surface area contributed by atoms with Crippen LogP contribution in [0.15, 0.2) is 72.3 Å². The van der Waals surface area contributed by atoms with E-state index in [0.717, 1.165) is 38.3 Å². The van der Waals surface area contributed by atoms with E-state index >= 15 is 0 Å². The molecule has 0 fully saturated rings. The van der Waals surface area contributed by atoms with E-state index in [1.807, 2.05) is 0 Å². The van der Waals surface area contributed by atoms with Crippen LogP contribution in [0, 0.1) is 0 Å². The molecule has 3 aromatic carbocycles. The number of aromatic nitrogens is 3. The standard InChI is InChI=1S/C28H29ClN8O21S6/c1-14(38)30-18-12-20(22(56-2)13-19(18)37-36-17-4-3-15(10-23(17)61(44,45)46)59(40,41)7-5-57-63(50,51)52)31-27-33-26(29)34-28(35-27)32-21-9-16(11-24(25(21)39)62(47,48)49)60(42,43)8-6-58-64(53,54)55/h3-4,9-13,39H,5-8H2,1-2H3,(H,30,38)(H,44,45,46)(H,47,48,49)(H,50,51,52)(H,53,54,55)(H2,31,32,33,34,35). The first-order chi connectivity index (χ1) is 29.3. The number of hydrogen-bond donors (Lipinski definition) is 8. The second-order valence-electron chi connectivity index (χ2n) is 12.0. The Balaban J connectivity index is 1.73. The van der Waals surface area contributed by atoms with Crippen LogP contribution in [0.5, 0.6) is 11.5 Å². The molecule has 1 amide bonds. The van der Waals surface area contributed by atoms with Crippen LogP contribution in [-0.4, -0.2) is 127 Å². The second-order valence-corrected chi connectivity index (χ2v) is 21.5. The van der Waals surface area contributed by atoms with Gasteiger partial charge in [0.1, 0.15) is 26.9 Å². The van der Waals surface area contributed by atoms with Crippen LogP contribution >= 0.6 is 11.6 Å². The van der Waals surface area contributed by atoms with E-state index in [0.29, 0.717) is 18.2 Å². The maximum Gasteiger partial charge on any atom is 0.397 e. The fourth-order valence-electron chi connectivity index (χ4n) is 4.78. The first-order valence-corrected chi connectivity index (χ1v) is 25.6. The lowest BCUT2D eigenvalue weighted by Gasteiger charge is -2.15. The number of azo groups is 1. The number of carbonyl (C=O) groups is 1. The molecular weight excluding hydrogens is 1010 g/mol. The number of benzene rings is 3. The molecule has 0 bridgehead atoms. The van der Waals surface area contributed by atoms with Crippen molar-refractivity contribution < 1.29 is 91.7 Å². The van der Waals surface area contributed by atoms with Crippen molar-refractivity contribution in [2.45, 2.75) is 26.5 Å². The van der Waals surface area contributed by atoms with E-state index in [1.165, 1.54) is 0 Å². The third-order valence-corrected chi connectivity index (χ3v) is 13.6. The van der Waals surface area contributed by atoms with Crippen molar-refractivity contribution in [2.75, 3.05) is 47.8 Å². The Hall–Kier alpha value is -5.31. The Labute approximate surface area is 367 Å². The second kappa shape index (κ2) is 19.4. The number of methoxy groups -OCH3 is 1. The van der Waals surface area contributed by atoms with Gasteiger partial charge in [0, 0.05) is 13.0 Å². The fraction of sp³-hybridized carbons (Fsp3) is 0.214. The van der Waals surface area contributed by atoms with Gasteiger partial charge in [0.15, 0.2) is 25.4 Å². The largest absolute Gasteiger partial charge is 0.504 e. The van der Waals surface area contributed by atoms with Crippen molar-refractivity contribution in [3.05, 3.63) is 47.7 Å². The number of phenols is 1. The Morgan fingerprint density at radius 2 is 1.16 bits per heavy atom. The van der Waals surface area contributed by atoms with Crippen molar-refractivity contribution in [2.24, 2.45) is 10.2 Å². The summed E-state index contributed by atoms with van der Waals surface area (Å²) in [6.45, 7) is -1.12. The molecule has 0 unspecified atom stereocenters. The number of rotatable bonds is 20. The van der Waals surface area contributed by atoms with Crippen LogP contribution in [0.3, 0.4) is 0 Å². The van der Waals surface area contributed by atoms with Gasteiger partial charge in [-0.05, 0) is 48.0 Å². The van der Waals surface area contributed by atoms with Gasteiger partial charge in [0.05, 0.1) is 58.7 Å². The quantitative estimate of drug-likeness (QED) is 0.0355. The highest BCUT2D eigenvalue weighted by Crippen LogP contribution is 2.40. The summed E-state index contributed by atoms with van der Waals surface area (Å²) in [5.41, 5.74) is -1.97. The molecule has 0 spiro atoms. The van der Waals surface area contributed by atoms with Crippen LogP contribution < -0.4 is 20.7 Å². The van der Waals surface area contributed by atoms with Crippen molar-refractivity contribution in [3.63, 3.8) is 0 Å². The monoisotopic (exact) mass is 1040 g/mol. The summed E-state index contributed by atoms with van der Waals surface area (Å²) in [6.07, 6.45) is 0. The zero-order valence-corrected chi connectivity index (χ0v) is 37.4. The van der Waals surface area contributed by atoms with Gasteiger partial charge in [-0.15, -0.1) is 10.2 Å². The summed E-state index contributed by atoms with van der Waals surface area (Å²) in [4.78, 5) is 19.7. The number of halogens is 1. The maximum atomic E-state index is 12.9. The molecular formula is C28H29ClN8O21S6. The highest BCUT2D eigenvalue weighted by molar-refractivity contribution is 7.92. The van der Waals surface area contributed by atoms with Gasteiger partial charge in [-0.3, -0.25) is 23.0 Å². The Bertz CT molecular complexity index is 3230. The third kappa shape index (κ3) is 14.3. The molecule has 36 heteroatoms. The summed E-state index contributed by atoms with van der Waals surface area (Å²) in [5.74, 6) is -5.43. The van der Waals surface area contributed by atoms with Crippen LogP contribution in [0.2, 0.25) is 5.28 Å². The number of amides is 1. The first kappa shape index (κ1) is 51.3. The molecule has 29 nitrogen and oxygen atoms in total. The lowest BCUT2D eigenvalue weighted by atomic mass is 10.2. The van der Waals surface area contributed by atoms with E-state index in [-0.39, 0.29) is 22.8 Å². The topological polar surface area (TPSA) is 450 Å². The summed E-state index contributed by atoms with van der Waals surface area (Å²) in [7, 11) is -28.7. The number of carbonyl (C=O) groups excluding carboxylic acids is 1. The molecule has 350 valence electrons. The summed E-state index contributed by atoms with van der Waals surface area (Å²) in [6, 6.07) is 5.36. The van der Waals surface area contributed by atoms with E-state index in [2.05, 4.69) is 49.5 Å². The van der Waals surface area contributed by atoms with E-state index in [1.54, 1.807) is 0 Å². The number of anilines is 5. The minimum absolute atomic E-state index is 0.0960. The highest BCUT2D eigenvalue weighted by atomic mass is 35.5. The zero-order chi connectivity index (χ0) is 48.2. The molecule has 4 aromatic rings. The molecule has 4 rings (SSSR count). The number of nitrogens with zero attached hydrogens (tertiary/aromatic N) is 5. The molecule has 0 saturated carbocycles. The number of nitrogens with one attached hydrogen (secondary N) is 3. The van der Waals surface area contributed by atoms with Gasteiger partial charge in [-0.2, -0.15) is 48.6 Å². The van der Waals surface area contributed by atoms with Crippen LogP contribution in [-0.2, 0) is 73.9 Å². The minimum atomic E-state index is -5.36. The molecule has 1 heterocycles. The number of aromatic hydroxyl groups is 1. The zero-order valence-electron chi connectivity index (χ0n) is 31.7. The van der Waals surface area contributed by atoms with Gasteiger partial charge in [-0.25, -0.2) is 25.2 Å². The Morgan fingerprint density at radius 1 is 0.656 bits per heavy atom. The SMILES string of the molecule is COc1cc(N=Nc2ccc(S(=O)(=O)CCOS(=O)(=O)O)cc2S(=O)(=O)O)c(NC(C)=O)cc1Nc1nc(Cl)nc(Nc2cc(S(=O)(=O)CCOS(=O)(=O)O)cc(S(=O)(=O)O)c2O)n1.